The van der Waals surface area contributed by atoms with Crippen molar-refractivity contribution in [3.63, 3.8) is 0 Å². The molecule has 2 aliphatic rings. The predicted molar refractivity (Wildman–Crippen MR) is 119 cm³/mol. The highest BCUT2D eigenvalue weighted by molar-refractivity contribution is 6.04. The van der Waals surface area contributed by atoms with Crippen molar-refractivity contribution in [3.05, 3.63) is 77.0 Å². The predicted octanol–water partition coefficient (Wildman–Crippen LogP) is 5.75. The van der Waals surface area contributed by atoms with E-state index in [0.29, 0.717) is 12.2 Å². The topological polar surface area (TPSA) is 58.6 Å². The van der Waals surface area contributed by atoms with E-state index in [1.165, 1.54) is 0 Å². The van der Waals surface area contributed by atoms with Crippen LogP contribution in [0.15, 0.2) is 65.9 Å². The fourth-order valence-corrected chi connectivity index (χ4v) is 5.01. The number of fused-ring (bicyclic) bond motifs is 3. The summed E-state index contributed by atoms with van der Waals surface area (Å²) < 4.78 is 5.38. The van der Waals surface area contributed by atoms with Crippen molar-refractivity contribution in [1.29, 1.82) is 0 Å². The molecule has 4 nitrogen and oxygen atoms in total. The summed E-state index contributed by atoms with van der Waals surface area (Å²) in [7, 11) is 1.55. The number of ketones is 1. The number of carbonyl (C=O) groups excluding carboxylic acids is 1. The second-order valence-electron chi connectivity index (χ2n) is 9.07. The molecule has 3 aromatic rings. The van der Waals surface area contributed by atoms with Gasteiger partial charge in [-0.1, -0.05) is 50.2 Å². The Kier molecular flexibility index (Phi) is 4.14. The number of allylic oxidation sites excluding steroid dienone is 2. The van der Waals surface area contributed by atoms with Gasteiger partial charge >= 0.3 is 0 Å². The quantitative estimate of drug-likeness (QED) is 0.576. The van der Waals surface area contributed by atoms with Crippen LogP contribution in [0.3, 0.4) is 0 Å². The van der Waals surface area contributed by atoms with Crippen LogP contribution in [0.4, 0.5) is 5.69 Å². The molecule has 1 heterocycles. The molecule has 0 bridgehead atoms. The molecule has 0 spiro atoms. The van der Waals surface area contributed by atoms with Gasteiger partial charge in [-0.05, 0) is 51.9 Å². The molecule has 1 aliphatic carbocycles. The maximum Gasteiger partial charge on any atom is 0.162 e. The molecule has 3 aromatic carbocycles. The third-order valence-electron chi connectivity index (χ3n) is 6.29. The van der Waals surface area contributed by atoms with E-state index in [1.807, 2.05) is 24.3 Å². The molecule has 0 amide bonds. The van der Waals surface area contributed by atoms with E-state index in [1.54, 1.807) is 13.2 Å². The highest BCUT2D eigenvalue weighted by Gasteiger charge is 2.41. The van der Waals surface area contributed by atoms with Crippen LogP contribution in [0.5, 0.6) is 11.5 Å². The zero-order chi connectivity index (χ0) is 21.0. The monoisotopic (exact) mass is 399 g/mol. The van der Waals surface area contributed by atoms with Crippen molar-refractivity contribution < 1.29 is 14.6 Å². The summed E-state index contributed by atoms with van der Waals surface area (Å²) in [6.07, 6.45) is 1.35. The third kappa shape index (κ3) is 2.86. The van der Waals surface area contributed by atoms with Gasteiger partial charge in [0.15, 0.2) is 17.3 Å². The lowest BCUT2D eigenvalue weighted by atomic mass is 9.68. The largest absolute Gasteiger partial charge is 0.504 e. The summed E-state index contributed by atoms with van der Waals surface area (Å²) in [5.41, 5.74) is 4.86. The maximum atomic E-state index is 13.4. The molecule has 0 unspecified atom stereocenters. The van der Waals surface area contributed by atoms with Crippen LogP contribution in [0.25, 0.3) is 10.8 Å². The molecule has 1 atom stereocenters. The fourth-order valence-electron chi connectivity index (χ4n) is 5.01. The van der Waals surface area contributed by atoms with E-state index in [9.17, 15) is 9.90 Å². The van der Waals surface area contributed by atoms with E-state index < -0.39 is 0 Å². The van der Waals surface area contributed by atoms with Crippen LogP contribution < -0.4 is 10.1 Å². The number of benzene rings is 3. The van der Waals surface area contributed by atoms with E-state index in [4.69, 9.17) is 4.74 Å². The molecule has 0 aromatic heterocycles. The summed E-state index contributed by atoms with van der Waals surface area (Å²) in [4.78, 5) is 13.4. The average molecular weight is 399 g/mol. The van der Waals surface area contributed by atoms with Gasteiger partial charge in [-0.3, -0.25) is 4.79 Å². The first-order valence-corrected chi connectivity index (χ1v) is 10.3. The summed E-state index contributed by atoms with van der Waals surface area (Å²) in [6.45, 7) is 4.29. The minimum atomic E-state index is -0.208. The number of hydrogen-bond donors (Lipinski definition) is 2. The average Bonchev–Trinajstić information content (AvgIpc) is 2.71. The normalized spacial score (nSPS) is 19.8. The molecule has 0 saturated carbocycles. The Bertz CT molecular complexity index is 1220. The number of aromatic hydroxyl groups is 1. The Morgan fingerprint density at radius 2 is 1.87 bits per heavy atom. The first kappa shape index (κ1) is 18.7. The number of carbonyl (C=O) groups is 1. The van der Waals surface area contributed by atoms with Gasteiger partial charge in [-0.2, -0.15) is 0 Å². The van der Waals surface area contributed by atoms with Crippen LogP contribution in [0.2, 0.25) is 0 Å². The number of phenols is 1. The van der Waals surface area contributed by atoms with Crippen LogP contribution >= 0.6 is 0 Å². The molecular formula is C26H25NO3. The van der Waals surface area contributed by atoms with Gasteiger partial charge in [-0.25, -0.2) is 0 Å². The minimum Gasteiger partial charge on any atom is -0.504 e. The number of hydrogen-bond acceptors (Lipinski definition) is 4. The molecule has 0 radical (unpaired) electrons. The van der Waals surface area contributed by atoms with Gasteiger partial charge < -0.3 is 15.2 Å². The van der Waals surface area contributed by atoms with E-state index in [-0.39, 0.29) is 22.9 Å². The van der Waals surface area contributed by atoms with Gasteiger partial charge in [-0.15, -0.1) is 0 Å². The lowest BCUT2D eigenvalue weighted by Crippen LogP contribution is -2.33. The number of anilines is 1. The molecule has 5 rings (SSSR count). The Morgan fingerprint density at radius 3 is 2.67 bits per heavy atom. The van der Waals surface area contributed by atoms with E-state index in [0.717, 1.165) is 45.3 Å². The van der Waals surface area contributed by atoms with Crippen molar-refractivity contribution >= 4 is 22.2 Å². The van der Waals surface area contributed by atoms with Crippen LogP contribution in [0, 0.1) is 5.41 Å². The zero-order valence-corrected chi connectivity index (χ0v) is 17.5. The Morgan fingerprint density at radius 1 is 1.07 bits per heavy atom. The minimum absolute atomic E-state index is 0.0749. The van der Waals surface area contributed by atoms with E-state index in [2.05, 4.69) is 43.4 Å². The maximum absolute atomic E-state index is 13.4. The first-order valence-electron chi connectivity index (χ1n) is 10.3. The van der Waals surface area contributed by atoms with Crippen LogP contribution in [-0.4, -0.2) is 18.0 Å². The molecule has 4 heteroatoms. The molecule has 1 aliphatic heterocycles. The molecule has 152 valence electrons. The first-order chi connectivity index (χ1) is 14.4. The van der Waals surface area contributed by atoms with Gasteiger partial charge in [0, 0.05) is 29.3 Å². The molecule has 2 N–H and O–H groups in total. The smallest absolute Gasteiger partial charge is 0.162 e. The van der Waals surface area contributed by atoms with Crippen molar-refractivity contribution in [3.8, 4) is 11.5 Å². The summed E-state index contributed by atoms with van der Waals surface area (Å²) in [5, 5.41) is 16.0. The number of Topliss-reactive ketones (excluding diaryl/α,β-unsaturated/α-hetero) is 1. The Balaban J connectivity index is 1.82. The zero-order valence-electron chi connectivity index (χ0n) is 17.5. The van der Waals surface area contributed by atoms with Gasteiger partial charge in [0.25, 0.3) is 0 Å². The van der Waals surface area contributed by atoms with Crippen molar-refractivity contribution in [2.45, 2.75) is 32.6 Å². The SMILES string of the molecule is COc1cc([C@@H]2C3=C(CC(C)(C)CC3=O)Nc3ccc4ccccc4c32)ccc1O. The van der Waals surface area contributed by atoms with Gasteiger partial charge in [0.05, 0.1) is 7.11 Å². The highest BCUT2D eigenvalue weighted by atomic mass is 16.5. The van der Waals surface area contributed by atoms with Crippen LogP contribution in [0.1, 0.15) is 43.7 Å². The van der Waals surface area contributed by atoms with Crippen LogP contribution in [-0.2, 0) is 4.79 Å². The Labute approximate surface area is 176 Å². The number of phenolic OH excluding ortho intramolecular Hbond substituents is 1. The number of methoxy groups -OCH3 is 1. The third-order valence-corrected chi connectivity index (χ3v) is 6.29. The second-order valence-corrected chi connectivity index (χ2v) is 9.07. The van der Waals surface area contributed by atoms with Gasteiger partial charge in [0.1, 0.15) is 0 Å². The lowest BCUT2D eigenvalue weighted by molar-refractivity contribution is -0.118. The summed E-state index contributed by atoms with van der Waals surface area (Å²) in [5.74, 6) is 0.488. The molecule has 0 fully saturated rings. The molecule has 0 saturated heterocycles. The van der Waals surface area contributed by atoms with E-state index >= 15 is 0 Å². The molecule has 30 heavy (non-hydrogen) atoms. The number of nitrogens with one attached hydrogen (secondary N) is 1. The Hall–Kier alpha value is -3.27. The fraction of sp³-hybridized carbons (Fsp3) is 0.269. The standard InChI is InChI=1S/C26H25NO3/c1-26(2)13-19-25(21(29)14-26)23(16-9-11-20(28)22(12-16)30-3)24-17-7-5-4-6-15(17)8-10-18(24)27-19/h4-12,23,27-28H,13-14H2,1-3H3/t23-/m0/s1. The lowest BCUT2D eigenvalue weighted by Gasteiger charge is -2.40. The number of ether oxygens (including phenoxy) is 1. The summed E-state index contributed by atoms with van der Waals surface area (Å²) >= 11 is 0. The second kappa shape index (κ2) is 6.63. The summed E-state index contributed by atoms with van der Waals surface area (Å²) in [6, 6.07) is 17.9. The number of rotatable bonds is 2. The van der Waals surface area contributed by atoms with Gasteiger partial charge in [0.2, 0.25) is 0 Å². The highest BCUT2D eigenvalue weighted by Crippen LogP contribution is 2.51. The van der Waals surface area contributed by atoms with Crippen molar-refractivity contribution in [1.82, 2.24) is 0 Å². The molecular weight excluding hydrogens is 374 g/mol. The van der Waals surface area contributed by atoms with Crippen molar-refractivity contribution in [2.75, 3.05) is 12.4 Å². The van der Waals surface area contributed by atoms with Crippen molar-refractivity contribution in [2.24, 2.45) is 5.41 Å².